The molecule has 0 aromatic carbocycles. The second-order valence-corrected chi connectivity index (χ2v) is 9.97. The van der Waals surface area contributed by atoms with Crippen LogP contribution in [0.1, 0.15) is 87.5 Å². The standard InChI is InChI=1S/C25H42O7/c1-15(2)9-11-19(13-20(26)12-10-16(3)4)23(28)21(22(27)18(7)8)24(29)32-25(30)31-14-17(5)6/h15-19,27H,9-14H2,1-8H3/t19-/m1/s1. The van der Waals surface area contributed by atoms with Crippen molar-refractivity contribution in [3.05, 3.63) is 11.3 Å². The van der Waals surface area contributed by atoms with Crippen LogP contribution in [-0.4, -0.2) is 35.4 Å². The number of carbonyl (C=O) groups excluding carboxylic acids is 4. The minimum absolute atomic E-state index is 0.0157. The smallest absolute Gasteiger partial charge is 0.511 e. The van der Waals surface area contributed by atoms with Crippen LogP contribution in [-0.2, 0) is 23.9 Å². The molecule has 7 heteroatoms. The van der Waals surface area contributed by atoms with Gasteiger partial charge in [0.15, 0.2) is 5.78 Å². The van der Waals surface area contributed by atoms with Gasteiger partial charge in [-0.05, 0) is 30.6 Å². The summed E-state index contributed by atoms with van der Waals surface area (Å²) in [4.78, 5) is 50.4. The van der Waals surface area contributed by atoms with E-state index in [0.29, 0.717) is 37.5 Å². The van der Waals surface area contributed by atoms with E-state index in [1.165, 1.54) is 0 Å². The third-order valence-corrected chi connectivity index (χ3v) is 4.90. The Kier molecular flexibility index (Phi) is 13.8. The molecule has 184 valence electrons. The number of ketones is 2. The molecule has 0 amide bonds. The SMILES string of the molecule is CC(C)CCC(=O)C[C@@H](CCC(C)C)C(=O)C(C(=O)OC(=O)OCC(C)C)=C(O)C(C)C. The topological polar surface area (TPSA) is 107 Å². The van der Waals surface area contributed by atoms with Gasteiger partial charge in [-0.2, -0.15) is 0 Å². The highest BCUT2D eigenvalue weighted by molar-refractivity contribution is 6.20. The molecule has 0 aromatic rings. The maximum absolute atomic E-state index is 13.3. The molecule has 32 heavy (non-hydrogen) atoms. The molecule has 0 aliphatic heterocycles. The first-order chi connectivity index (χ1) is 14.8. The lowest BCUT2D eigenvalue weighted by atomic mass is 9.84. The zero-order chi connectivity index (χ0) is 25.0. The van der Waals surface area contributed by atoms with Gasteiger partial charge >= 0.3 is 12.1 Å². The quantitative estimate of drug-likeness (QED) is 0.116. The predicted molar refractivity (Wildman–Crippen MR) is 123 cm³/mol. The number of aliphatic hydroxyl groups is 1. The molecule has 0 saturated heterocycles. The van der Waals surface area contributed by atoms with E-state index in [0.717, 1.165) is 0 Å². The summed E-state index contributed by atoms with van der Waals surface area (Å²) in [5, 5.41) is 10.5. The van der Waals surface area contributed by atoms with Gasteiger partial charge in [-0.1, -0.05) is 61.8 Å². The Morgan fingerprint density at radius 1 is 0.781 bits per heavy atom. The van der Waals surface area contributed by atoms with Crippen LogP contribution in [0.25, 0.3) is 0 Å². The lowest BCUT2D eigenvalue weighted by Gasteiger charge is -2.19. The van der Waals surface area contributed by atoms with Crippen molar-refractivity contribution in [2.24, 2.45) is 29.6 Å². The average molecular weight is 455 g/mol. The van der Waals surface area contributed by atoms with Crippen molar-refractivity contribution >= 4 is 23.7 Å². The number of allylic oxidation sites excluding steroid dienone is 1. The molecule has 0 heterocycles. The van der Waals surface area contributed by atoms with Crippen molar-refractivity contribution < 1.29 is 33.8 Å². The molecule has 0 aliphatic carbocycles. The number of hydrogen-bond acceptors (Lipinski definition) is 7. The number of carbonyl (C=O) groups is 4. The zero-order valence-corrected chi connectivity index (χ0v) is 21.0. The molecule has 1 atom stereocenters. The first-order valence-corrected chi connectivity index (χ1v) is 11.6. The van der Waals surface area contributed by atoms with Crippen LogP contribution in [0.2, 0.25) is 0 Å². The molecule has 0 saturated carbocycles. The molecule has 7 nitrogen and oxygen atoms in total. The van der Waals surface area contributed by atoms with Gasteiger partial charge in [0.2, 0.25) is 0 Å². The van der Waals surface area contributed by atoms with Crippen LogP contribution in [0.15, 0.2) is 11.3 Å². The Labute approximate surface area is 192 Å². The van der Waals surface area contributed by atoms with Gasteiger partial charge in [0, 0.05) is 24.7 Å². The second-order valence-electron chi connectivity index (χ2n) is 9.97. The maximum Gasteiger partial charge on any atom is 0.516 e. The zero-order valence-electron chi connectivity index (χ0n) is 21.0. The van der Waals surface area contributed by atoms with Crippen molar-refractivity contribution in [2.45, 2.75) is 87.5 Å². The molecule has 0 aliphatic rings. The Bertz CT molecular complexity index is 672. The summed E-state index contributed by atoms with van der Waals surface area (Å²) in [7, 11) is 0. The Hall–Kier alpha value is -2.18. The predicted octanol–water partition coefficient (Wildman–Crippen LogP) is 5.81. The third kappa shape index (κ3) is 12.0. The third-order valence-electron chi connectivity index (χ3n) is 4.90. The summed E-state index contributed by atoms with van der Waals surface area (Å²) < 4.78 is 9.54. The highest BCUT2D eigenvalue weighted by Gasteiger charge is 2.34. The first-order valence-electron chi connectivity index (χ1n) is 11.6. The van der Waals surface area contributed by atoms with Gasteiger partial charge in [0.1, 0.15) is 17.1 Å². The van der Waals surface area contributed by atoms with E-state index in [9.17, 15) is 24.3 Å². The summed E-state index contributed by atoms with van der Waals surface area (Å²) in [6, 6.07) is 0. The van der Waals surface area contributed by atoms with Crippen LogP contribution in [0.3, 0.4) is 0 Å². The molecule has 0 aromatic heterocycles. The van der Waals surface area contributed by atoms with E-state index < -0.39 is 41.1 Å². The Morgan fingerprint density at radius 2 is 1.34 bits per heavy atom. The average Bonchev–Trinajstić information content (AvgIpc) is 2.67. The molecule has 0 bridgehead atoms. The summed E-state index contributed by atoms with van der Waals surface area (Å²) in [6.07, 6.45) is 0.895. The monoisotopic (exact) mass is 454 g/mol. The molecule has 1 N–H and O–H groups in total. The van der Waals surface area contributed by atoms with Crippen molar-refractivity contribution in [1.29, 1.82) is 0 Å². The minimum Gasteiger partial charge on any atom is -0.511 e. The van der Waals surface area contributed by atoms with Gasteiger partial charge in [0.25, 0.3) is 0 Å². The van der Waals surface area contributed by atoms with E-state index in [4.69, 9.17) is 9.47 Å². The highest BCUT2D eigenvalue weighted by Crippen LogP contribution is 2.25. The summed E-state index contributed by atoms with van der Waals surface area (Å²) >= 11 is 0. The number of aliphatic hydroxyl groups excluding tert-OH is 1. The lowest BCUT2D eigenvalue weighted by molar-refractivity contribution is -0.139. The van der Waals surface area contributed by atoms with Crippen molar-refractivity contribution in [3.8, 4) is 0 Å². The number of Topliss-reactive ketones (excluding diaryl/α,β-unsaturated/α-hetero) is 2. The van der Waals surface area contributed by atoms with E-state index >= 15 is 0 Å². The first kappa shape index (κ1) is 29.8. The molecular weight excluding hydrogens is 412 g/mol. The minimum atomic E-state index is -1.25. The largest absolute Gasteiger partial charge is 0.516 e. The molecule has 0 rings (SSSR count). The fourth-order valence-corrected chi connectivity index (χ4v) is 2.90. The number of hydrogen-bond donors (Lipinski definition) is 1. The van der Waals surface area contributed by atoms with Gasteiger partial charge in [0.05, 0.1) is 6.61 Å². The highest BCUT2D eigenvalue weighted by atomic mass is 16.7. The van der Waals surface area contributed by atoms with Gasteiger partial charge < -0.3 is 14.6 Å². The van der Waals surface area contributed by atoms with Crippen LogP contribution >= 0.6 is 0 Å². The molecule has 0 unspecified atom stereocenters. The summed E-state index contributed by atoms with van der Waals surface area (Å²) in [6.45, 7) is 15.0. The Balaban J connectivity index is 5.75. The molecule has 0 spiro atoms. The Morgan fingerprint density at radius 3 is 1.81 bits per heavy atom. The van der Waals surface area contributed by atoms with Crippen LogP contribution in [0.5, 0.6) is 0 Å². The number of rotatable bonds is 14. The molecule has 0 fully saturated rings. The van der Waals surface area contributed by atoms with Crippen molar-refractivity contribution in [1.82, 2.24) is 0 Å². The van der Waals surface area contributed by atoms with Crippen LogP contribution < -0.4 is 0 Å². The molecule has 0 radical (unpaired) electrons. The number of ether oxygens (including phenoxy) is 2. The van der Waals surface area contributed by atoms with E-state index in [1.54, 1.807) is 13.8 Å². The van der Waals surface area contributed by atoms with E-state index in [1.807, 2.05) is 41.5 Å². The van der Waals surface area contributed by atoms with Crippen molar-refractivity contribution in [2.75, 3.05) is 6.61 Å². The van der Waals surface area contributed by atoms with Gasteiger partial charge in [-0.25, -0.2) is 9.59 Å². The maximum atomic E-state index is 13.3. The normalized spacial score (nSPS) is 13.4. The number of esters is 1. The van der Waals surface area contributed by atoms with Crippen LogP contribution in [0.4, 0.5) is 4.79 Å². The van der Waals surface area contributed by atoms with Crippen molar-refractivity contribution in [3.63, 3.8) is 0 Å². The second kappa shape index (κ2) is 14.8. The van der Waals surface area contributed by atoms with Crippen LogP contribution in [0, 0.1) is 29.6 Å². The summed E-state index contributed by atoms with van der Waals surface area (Å²) in [5.74, 6) is -3.07. The summed E-state index contributed by atoms with van der Waals surface area (Å²) in [5.41, 5.74) is -0.577. The van der Waals surface area contributed by atoms with E-state index in [2.05, 4.69) is 0 Å². The van der Waals surface area contributed by atoms with Gasteiger partial charge in [-0.15, -0.1) is 0 Å². The fourth-order valence-electron chi connectivity index (χ4n) is 2.90. The molecular formula is C25H42O7. The van der Waals surface area contributed by atoms with Gasteiger partial charge in [-0.3, -0.25) is 9.59 Å². The fraction of sp³-hybridized carbons (Fsp3) is 0.760. The lowest BCUT2D eigenvalue weighted by Crippen LogP contribution is -2.29. The van der Waals surface area contributed by atoms with E-state index in [-0.39, 0.29) is 24.7 Å².